The van der Waals surface area contributed by atoms with Gasteiger partial charge in [-0.25, -0.2) is 9.97 Å². The van der Waals surface area contributed by atoms with E-state index in [1.54, 1.807) is 0 Å². The van der Waals surface area contributed by atoms with Crippen LogP contribution >= 0.6 is 0 Å². The summed E-state index contributed by atoms with van der Waals surface area (Å²) in [4.78, 5) is 11.4. The Morgan fingerprint density at radius 2 is 0.573 bits per heavy atom. The van der Waals surface area contributed by atoms with Crippen molar-refractivity contribution in [2.24, 2.45) is 0 Å². The van der Waals surface area contributed by atoms with Gasteiger partial charge in [-0.3, -0.25) is 0 Å². The topological polar surface area (TPSA) is 35.6 Å². The summed E-state index contributed by atoms with van der Waals surface area (Å²) < 4.78 is 4.84. The van der Waals surface area contributed by atoms with Crippen molar-refractivity contribution in [3.05, 3.63) is 301 Å². The maximum atomic E-state index is 5.68. The first-order valence-electron chi connectivity index (χ1n) is 25.7. The summed E-state index contributed by atoms with van der Waals surface area (Å²) in [5.74, 6) is 0. The molecule has 75 heavy (non-hydrogen) atoms. The van der Waals surface area contributed by atoms with E-state index in [1.165, 1.54) is 43.8 Å². The highest BCUT2D eigenvalue weighted by molar-refractivity contribution is 6.13. The molecule has 0 N–H and O–H groups in total. The number of nitrogens with zero attached hydrogens (tertiary/aromatic N) is 4. The number of hydrogen-bond donors (Lipinski definition) is 0. The summed E-state index contributed by atoms with van der Waals surface area (Å²) in [6, 6.07) is 101. The average molecular weight is 955 g/mol. The van der Waals surface area contributed by atoms with Crippen molar-refractivity contribution in [1.29, 1.82) is 0 Å². The molecule has 4 aromatic heterocycles. The van der Waals surface area contributed by atoms with Crippen LogP contribution in [0.1, 0.15) is 22.3 Å². The number of para-hydroxylation sites is 2. The highest BCUT2D eigenvalue weighted by Crippen LogP contribution is 2.57. The maximum Gasteiger partial charge on any atom is 0.0945 e. The molecule has 0 saturated carbocycles. The molecule has 0 aliphatic heterocycles. The lowest BCUT2D eigenvalue weighted by molar-refractivity contribution is 0.767. The van der Waals surface area contributed by atoms with E-state index in [0.29, 0.717) is 0 Å². The van der Waals surface area contributed by atoms with Crippen molar-refractivity contribution < 1.29 is 0 Å². The summed E-state index contributed by atoms with van der Waals surface area (Å²) in [5.41, 5.74) is 20.9. The average Bonchev–Trinajstić information content (AvgIpc) is 4.26. The fourth-order valence-corrected chi connectivity index (χ4v) is 12.2. The van der Waals surface area contributed by atoms with Gasteiger partial charge in [0.05, 0.1) is 50.3 Å². The van der Waals surface area contributed by atoms with E-state index >= 15 is 0 Å². The van der Waals surface area contributed by atoms with Gasteiger partial charge in [-0.05, 0) is 129 Å². The van der Waals surface area contributed by atoms with Gasteiger partial charge < -0.3 is 9.13 Å². The zero-order valence-corrected chi connectivity index (χ0v) is 40.8. The SMILES string of the molecule is c1ccc(-c2ccc3c(c2)c2cc(C4(c5ccc6c(c5)c5cc(-c7ccccc7)ccc5n6-c5ccccc5)c5ccc(-c6ccccc6)nc5-c5nc(-c6ccccc6)ccc54)ccc2n3-c2ccccc2)cc1. The first-order chi connectivity index (χ1) is 37.2. The molecule has 350 valence electrons. The molecule has 4 nitrogen and oxygen atoms in total. The van der Waals surface area contributed by atoms with Crippen molar-refractivity contribution in [3.8, 4) is 67.5 Å². The minimum Gasteiger partial charge on any atom is -0.309 e. The highest BCUT2D eigenvalue weighted by Gasteiger charge is 2.48. The Balaban J connectivity index is 1.07. The Labute approximate surface area is 434 Å². The van der Waals surface area contributed by atoms with Crippen LogP contribution in [0.5, 0.6) is 0 Å². The van der Waals surface area contributed by atoms with Crippen LogP contribution in [-0.2, 0) is 5.41 Å². The van der Waals surface area contributed by atoms with Gasteiger partial charge in [-0.2, -0.15) is 0 Å². The summed E-state index contributed by atoms with van der Waals surface area (Å²) in [6.07, 6.45) is 0. The molecule has 1 aliphatic rings. The maximum absolute atomic E-state index is 5.68. The number of hydrogen-bond acceptors (Lipinski definition) is 2. The number of aromatic nitrogens is 4. The third-order valence-electron chi connectivity index (χ3n) is 15.6. The molecule has 4 heteroatoms. The molecule has 0 atom stereocenters. The normalized spacial score (nSPS) is 12.6. The lowest BCUT2D eigenvalue weighted by Gasteiger charge is -2.33. The van der Waals surface area contributed by atoms with Crippen molar-refractivity contribution in [1.82, 2.24) is 19.1 Å². The van der Waals surface area contributed by atoms with Gasteiger partial charge in [0.25, 0.3) is 0 Å². The third kappa shape index (κ3) is 6.70. The molecule has 10 aromatic carbocycles. The molecule has 14 aromatic rings. The summed E-state index contributed by atoms with van der Waals surface area (Å²) in [5, 5.41) is 4.73. The van der Waals surface area contributed by atoms with Gasteiger partial charge in [0, 0.05) is 44.0 Å². The van der Waals surface area contributed by atoms with Crippen molar-refractivity contribution in [3.63, 3.8) is 0 Å². The van der Waals surface area contributed by atoms with Crippen LogP contribution in [-0.4, -0.2) is 19.1 Å². The second-order valence-corrected chi connectivity index (χ2v) is 19.7. The Morgan fingerprint density at radius 3 is 0.947 bits per heavy atom. The molecule has 0 amide bonds. The molecule has 0 radical (unpaired) electrons. The van der Waals surface area contributed by atoms with Gasteiger partial charge in [0.1, 0.15) is 0 Å². The number of rotatable bonds is 8. The smallest absolute Gasteiger partial charge is 0.0945 e. The van der Waals surface area contributed by atoms with E-state index in [9.17, 15) is 0 Å². The third-order valence-corrected chi connectivity index (χ3v) is 15.6. The predicted octanol–water partition coefficient (Wildman–Crippen LogP) is 17.7. The first kappa shape index (κ1) is 42.8. The molecule has 0 fully saturated rings. The van der Waals surface area contributed by atoms with Crippen LogP contribution in [0.4, 0.5) is 0 Å². The number of benzene rings is 10. The molecule has 1 aliphatic carbocycles. The quantitative estimate of drug-likeness (QED) is 0.152. The summed E-state index contributed by atoms with van der Waals surface area (Å²) in [7, 11) is 0. The first-order valence-corrected chi connectivity index (χ1v) is 25.7. The second-order valence-electron chi connectivity index (χ2n) is 19.7. The van der Waals surface area contributed by atoms with Gasteiger partial charge in [0.2, 0.25) is 0 Å². The standard InChI is InChI=1S/C71H46N4/c1-7-19-47(20-8-1)51-31-39-65-57(43-51)59-45-53(33-41-67(59)74(65)55-27-15-5-16-28-55)71(61-35-37-63(49-23-11-3-12-24-49)72-69(61)70-62(71)36-38-64(73-70)50-25-13-4-14-26-50)54-34-42-68-60(46-54)58-44-52(48-21-9-2-10-22-48)32-40-66(58)75(68)56-29-17-6-18-30-56/h1-46H. The molecule has 4 heterocycles. The Kier molecular flexibility index (Phi) is 9.76. The van der Waals surface area contributed by atoms with Gasteiger partial charge >= 0.3 is 0 Å². The summed E-state index contributed by atoms with van der Waals surface area (Å²) >= 11 is 0. The predicted molar refractivity (Wildman–Crippen MR) is 310 cm³/mol. The zero-order valence-electron chi connectivity index (χ0n) is 40.8. The van der Waals surface area contributed by atoms with Gasteiger partial charge in [0.15, 0.2) is 0 Å². The monoisotopic (exact) mass is 954 g/mol. The van der Waals surface area contributed by atoms with Gasteiger partial charge in [-0.15, -0.1) is 0 Å². The van der Waals surface area contributed by atoms with Crippen LogP contribution in [0.2, 0.25) is 0 Å². The number of fused-ring (bicyclic) bond motifs is 9. The minimum atomic E-state index is -0.853. The molecule has 0 bridgehead atoms. The lowest BCUT2D eigenvalue weighted by Crippen LogP contribution is -2.28. The largest absolute Gasteiger partial charge is 0.309 e. The zero-order chi connectivity index (χ0) is 49.5. The minimum absolute atomic E-state index is 0.853. The molecular weight excluding hydrogens is 909 g/mol. The molecular formula is C71H46N4. The van der Waals surface area contributed by atoms with Crippen LogP contribution in [0, 0.1) is 0 Å². The van der Waals surface area contributed by atoms with E-state index in [2.05, 4.69) is 288 Å². The van der Waals surface area contributed by atoms with Crippen LogP contribution in [0.25, 0.3) is 111 Å². The summed E-state index contributed by atoms with van der Waals surface area (Å²) in [6.45, 7) is 0. The van der Waals surface area contributed by atoms with Crippen LogP contribution < -0.4 is 0 Å². The van der Waals surface area contributed by atoms with E-state index in [1.807, 2.05) is 0 Å². The Morgan fingerprint density at radius 1 is 0.253 bits per heavy atom. The van der Waals surface area contributed by atoms with E-state index < -0.39 is 5.41 Å². The molecule has 0 unspecified atom stereocenters. The van der Waals surface area contributed by atoms with Crippen molar-refractivity contribution >= 4 is 43.6 Å². The Hall–Kier alpha value is -9.90. The second kappa shape index (κ2) is 17.1. The van der Waals surface area contributed by atoms with E-state index in [0.717, 1.165) is 89.6 Å². The van der Waals surface area contributed by atoms with Crippen molar-refractivity contribution in [2.75, 3.05) is 0 Å². The van der Waals surface area contributed by atoms with E-state index in [-0.39, 0.29) is 0 Å². The lowest BCUT2D eigenvalue weighted by atomic mass is 9.67. The van der Waals surface area contributed by atoms with E-state index in [4.69, 9.17) is 9.97 Å². The molecule has 0 spiro atoms. The van der Waals surface area contributed by atoms with Gasteiger partial charge in [-0.1, -0.05) is 194 Å². The highest BCUT2D eigenvalue weighted by atomic mass is 15.0. The Bertz CT molecular complexity index is 4190. The van der Waals surface area contributed by atoms with Crippen molar-refractivity contribution in [2.45, 2.75) is 5.41 Å². The molecule has 15 rings (SSSR count). The fourth-order valence-electron chi connectivity index (χ4n) is 12.2. The molecule has 0 saturated heterocycles. The fraction of sp³-hybridized carbons (Fsp3) is 0.0141. The van der Waals surface area contributed by atoms with Crippen LogP contribution in [0.15, 0.2) is 279 Å². The number of pyridine rings is 2. The van der Waals surface area contributed by atoms with Crippen LogP contribution in [0.3, 0.4) is 0 Å².